The van der Waals surface area contributed by atoms with Gasteiger partial charge in [0.2, 0.25) is 5.82 Å². The van der Waals surface area contributed by atoms with Crippen molar-refractivity contribution in [3.63, 3.8) is 0 Å². The number of hydrogen-bond donors (Lipinski definition) is 1. The summed E-state index contributed by atoms with van der Waals surface area (Å²) in [6.45, 7) is 2.73. The van der Waals surface area contributed by atoms with E-state index >= 15 is 0 Å². The first kappa shape index (κ1) is 10.2. The Balaban J connectivity index is 2.00. The second-order valence-electron chi connectivity index (χ2n) is 3.48. The van der Waals surface area contributed by atoms with Crippen LogP contribution in [-0.4, -0.2) is 21.7 Å². The van der Waals surface area contributed by atoms with Crippen LogP contribution in [0.25, 0.3) is 21.6 Å². The number of aromatic nitrogens is 3. The van der Waals surface area contributed by atoms with Gasteiger partial charge in [-0.1, -0.05) is 5.16 Å². The smallest absolute Gasteiger partial charge is 0.321 e. The van der Waals surface area contributed by atoms with E-state index in [1.807, 2.05) is 24.4 Å². The maximum absolute atomic E-state index is 5.06. The van der Waals surface area contributed by atoms with E-state index in [1.165, 1.54) is 0 Å². The Morgan fingerprint density at radius 2 is 2.41 bits per heavy atom. The van der Waals surface area contributed by atoms with Crippen molar-refractivity contribution in [3.8, 4) is 11.4 Å². The van der Waals surface area contributed by atoms with Gasteiger partial charge in [0.05, 0.1) is 10.2 Å². The summed E-state index contributed by atoms with van der Waals surface area (Å²) in [7, 11) is 0. The van der Waals surface area contributed by atoms with E-state index in [0.717, 1.165) is 22.3 Å². The van der Waals surface area contributed by atoms with Crippen LogP contribution in [0.1, 0.15) is 6.92 Å². The summed E-state index contributed by atoms with van der Waals surface area (Å²) in [5.41, 5.74) is 1.86. The standard InChI is InChI=1S/C11H10N4OS/c1-2-12-11-14-10(15-16-11)7-5-9-8(13-6-7)3-4-17-9/h3-6H,2H2,1H3,(H,12,14,15). The zero-order chi connectivity index (χ0) is 11.7. The van der Waals surface area contributed by atoms with Crippen LogP contribution in [-0.2, 0) is 0 Å². The first-order chi connectivity index (χ1) is 8.36. The fourth-order valence-corrected chi connectivity index (χ4v) is 2.31. The van der Waals surface area contributed by atoms with Crippen molar-refractivity contribution in [2.75, 3.05) is 11.9 Å². The molecule has 0 saturated carbocycles. The monoisotopic (exact) mass is 246 g/mol. The minimum atomic E-state index is 0.439. The molecular formula is C11H10N4OS. The lowest BCUT2D eigenvalue weighted by molar-refractivity contribution is 0.432. The topological polar surface area (TPSA) is 63.8 Å². The third-order valence-electron chi connectivity index (χ3n) is 2.31. The lowest BCUT2D eigenvalue weighted by Gasteiger charge is -1.93. The number of fused-ring (bicyclic) bond motifs is 1. The number of anilines is 1. The molecule has 0 fully saturated rings. The van der Waals surface area contributed by atoms with Gasteiger partial charge >= 0.3 is 6.01 Å². The molecule has 3 aromatic heterocycles. The first-order valence-corrected chi connectivity index (χ1v) is 6.16. The second kappa shape index (κ2) is 4.14. The molecule has 0 spiro atoms. The van der Waals surface area contributed by atoms with Gasteiger partial charge < -0.3 is 9.84 Å². The van der Waals surface area contributed by atoms with Crippen LogP contribution in [0.2, 0.25) is 0 Å². The Kier molecular flexibility index (Phi) is 2.49. The number of nitrogens with one attached hydrogen (secondary N) is 1. The van der Waals surface area contributed by atoms with Crippen LogP contribution in [0.15, 0.2) is 28.2 Å². The van der Waals surface area contributed by atoms with Gasteiger partial charge in [0.1, 0.15) is 0 Å². The maximum atomic E-state index is 5.06. The molecule has 3 aromatic rings. The van der Waals surface area contributed by atoms with Crippen LogP contribution in [0, 0.1) is 0 Å². The van der Waals surface area contributed by atoms with Crippen molar-refractivity contribution < 1.29 is 4.52 Å². The Hall–Kier alpha value is -1.95. The van der Waals surface area contributed by atoms with Gasteiger partial charge in [0.25, 0.3) is 0 Å². The van der Waals surface area contributed by atoms with Crippen molar-refractivity contribution in [2.45, 2.75) is 6.92 Å². The van der Waals surface area contributed by atoms with E-state index < -0.39 is 0 Å². The van der Waals surface area contributed by atoms with Gasteiger partial charge in [0.15, 0.2) is 0 Å². The minimum Gasteiger partial charge on any atom is -0.338 e. The van der Waals surface area contributed by atoms with Gasteiger partial charge in [-0.25, -0.2) is 0 Å². The lowest BCUT2D eigenvalue weighted by Crippen LogP contribution is -1.95. The van der Waals surface area contributed by atoms with E-state index in [9.17, 15) is 0 Å². The zero-order valence-corrected chi connectivity index (χ0v) is 9.99. The van der Waals surface area contributed by atoms with E-state index in [4.69, 9.17) is 4.52 Å². The second-order valence-corrected chi connectivity index (χ2v) is 4.43. The fraction of sp³-hybridized carbons (Fsp3) is 0.182. The number of pyridine rings is 1. The molecule has 6 heteroatoms. The van der Waals surface area contributed by atoms with E-state index in [-0.39, 0.29) is 0 Å². The molecule has 86 valence electrons. The molecule has 0 aromatic carbocycles. The molecule has 0 amide bonds. The quantitative estimate of drug-likeness (QED) is 0.769. The highest BCUT2D eigenvalue weighted by Gasteiger charge is 2.09. The van der Waals surface area contributed by atoms with Gasteiger partial charge in [-0.05, 0) is 24.4 Å². The van der Waals surface area contributed by atoms with Crippen LogP contribution < -0.4 is 5.32 Å². The molecule has 0 aliphatic carbocycles. The predicted octanol–water partition coefficient (Wildman–Crippen LogP) is 2.78. The SMILES string of the molecule is CCNc1nc(-c2cnc3ccsc3c2)no1. The summed E-state index contributed by atoms with van der Waals surface area (Å²) in [5, 5.41) is 8.90. The summed E-state index contributed by atoms with van der Waals surface area (Å²) in [4.78, 5) is 8.58. The minimum absolute atomic E-state index is 0.439. The normalized spacial score (nSPS) is 10.9. The van der Waals surface area contributed by atoms with Crippen LogP contribution in [0.5, 0.6) is 0 Å². The molecule has 17 heavy (non-hydrogen) atoms. The van der Waals surface area contributed by atoms with Crippen molar-refractivity contribution in [1.29, 1.82) is 0 Å². The van der Waals surface area contributed by atoms with Crippen molar-refractivity contribution >= 4 is 27.6 Å². The molecule has 0 unspecified atom stereocenters. The van der Waals surface area contributed by atoms with Crippen molar-refractivity contribution in [2.24, 2.45) is 0 Å². The average Bonchev–Trinajstić information content (AvgIpc) is 2.96. The van der Waals surface area contributed by atoms with Gasteiger partial charge in [-0.15, -0.1) is 11.3 Å². The highest BCUT2D eigenvalue weighted by atomic mass is 32.1. The van der Waals surface area contributed by atoms with Gasteiger partial charge in [0, 0.05) is 18.3 Å². The first-order valence-electron chi connectivity index (χ1n) is 5.28. The van der Waals surface area contributed by atoms with Crippen LogP contribution in [0.3, 0.4) is 0 Å². The molecule has 1 N–H and O–H groups in total. The summed E-state index contributed by atoms with van der Waals surface area (Å²) >= 11 is 1.65. The van der Waals surface area contributed by atoms with Crippen LogP contribution >= 0.6 is 11.3 Å². The van der Waals surface area contributed by atoms with Gasteiger partial charge in [-0.2, -0.15) is 4.98 Å². The molecule has 0 radical (unpaired) electrons. The molecular weight excluding hydrogens is 236 g/mol. The molecule has 0 aliphatic rings. The van der Waals surface area contributed by atoms with E-state index in [0.29, 0.717) is 11.8 Å². The largest absolute Gasteiger partial charge is 0.338 e. The third kappa shape index (κ3) is 1.87. The van der Waals surface area contributed by atoms with Gasteiger partial charge in [-0.3, -0.25) is 4.98 Å². The highest BCUT2D eigenvalue weighted by Crippen LogP contribution is 2.24. The highest BCUT2D eigenvalue weighted by molar-refractivity contribution is 7.17. The average molecular weight is 246 g/mol. The Bertz CT molecular complexity index is 646. The van der Waals surface area contributed by atoms with E-state index in [2.05, 4.69) is 20.4 Å². The third-order valence-corrected chi connectivity index (χ3v) is 3.17. The number of hydrogen-bond acceptors (Lipinski definition) is 6. The van der Waals surface area contributed by atoms with E-state index in [1.54, 1.807) is 17.5 Å². The summed E-state index contributed by atoms with van der Waals surface area (Å²) < 4.78 is 6.18. The molecule has 0 aliphatic heterocycles. The predicted molar refractivity (Wildman–Crippen MR) is 67.1 cm³/mol. The molecule has 3 rings (SSSR count). The molecule has 5 nitrogen and oxygen atoms in total. The Morgan fingerprint density at radius 3 is 3.29 bits per heavy atom. The maximum Gasteiger partial charge on any atom is 0.321 e. The number of rotatable bonds is 3. The van der Waals surface area contributed by atoms with Crippen molar-refractivity contribution in [3.05, 3.63) is 23.7 Å². The molecule has 0 bridgehead atoms. The number of thiophene rings is 1. The summed E-state index contributed by atoms with van der Waals surface area (Å²) in [6.07, 6.45) is 1.76. The molecule has 0 atom stereocenters. The Morgan fingerprint density at radius 1 is 1.47 bits per heavy atom. The summed E-state index contributed by atoms with van der Waals surface area (Å²) in [5.74, 6) is 0.559. The van der Waals surface area contributed by atoms with Crippen LogP contribution in [0.4, 0.5) is 6.01 Å². The lowest BCUT2D eigenvalue weighted by atomic mass is 10.2. The number of nitrogens with zero attached hydrogens (tertiary/aromatic N) is 3. The zero-order valence-electron chi connectivity index (χ0n) is 9.17. The fourth-order valence-electron chi connectivity index (χ4n) is 1.53. The van der Waals surface area contributed by atoms with Crippen molar-refractivity contribution in [1.82, 2.24) is 15.1 Å². The molecule has 3 heterocycles. The Labute approximate surface area is 101 Å². The molecule has 0 saturated heterocycles. The summed E-state index contributed by atoms with van der Waals surface area (Å²) in [6, 6.07) is 4.45.